The van der Waals surface area contributed by atoms with Gasteiger partial charge < -0.3 is 5.32 Å². The van der Waals surface area contributed by atoms with Gasteiger partial charge in [-0.2, -0.15) is 0 Å². The average Bonchev–Trinajstić information content (AvgIpc) is 2.43. The van der Waals surface area contributed by atoms with Gasteiger partial charge in [0.25, 0.3) is 10.0 Å². The monoisotopic (exact) mass is 372 g/mol. The average molecular weight is 373 g/mol. The molecule has 0 heterocycles. The standard InChI is InChI=1S/C14H14BrFN2O2S/c1-17-9-10-2-7-13(15)14(8-10)21(19,20)18-12-5-3-11(16)4-6-12/h2-8,17-18H,9H2,1H3. The number of halogens is 2. The fraction of sp³-hybridized carbons (Fsp3) is 0.143. The number of anilines is 1. The molecule has 0 saturated carbocycles. The number of benzene rings is 2. The van der Waals surface area contributed by atoms with E-state index >= 15 is 0 Å². The second kappa shape index (κ2) is 6.55. The molecule has 0 aliphatic rings. The predicted octanol–water partition coefficient (Wildman–Crippen LogP) is 3.11. The Kier molecular flexibility index (Phi) is 4.97. The van der Waals surface area contributed by atoms with Crippen LogP contribution in [-0.2, 0) is 16.6 Å². The Morgan fingerprint density at radius 1 is 1.14 bits per heavy atom. The molecule has 0 spiro atoms. The normalized spacial score (nSPS) is 11.4. The minimum Gasteiger partial charge on any atom is -0.316 e. The van der Waals surface area contributed by atoms with Crippen LogP contribution in [-0.4, -0.2) is 15.5 Å². The van der Waals surface area contributed by atoms with Crippen molar-refractivity contribution in [2.75, 3.05) is 11.8 Å². The van der Waals surface area contributed by atoms with Crippen molar-refractivity contribution in [2.45, 2.75) is 11.4 Å². The molecule has 2 N–H and O–H groups in total. The van der Waals surface area contributed by atoms with E-state index in [1.165, 1.54) is 24.3 Å². The van der Waals surface area contributed by atoms with Crippen LogP contribution in [0.3, 0.4) is 0 Å². The van der Waals surface area contributed by atoms with Gasteiger partial charge in [0.1, 0.15) is 10.7 Å². The van der Waals surface area contributed by atoms with Gasteiger partial charge in [0.2, 0.25) is 0 Å². The second-order valence-electron chi connectivity index (χ2n) is 4.41. The fourth-order valence-electron chi connectivity index (χ4n) is 1.80. The molecule has 0 saturated heterocycles. The summed E-state index contributed by atoms with van der Waals surface area (Å²) >= 11 is 3.24. The fourth-order valence-corrected chi connectivity index (χ4v) is 3.87. The largest absolute Gasteiger partial charge is 0.316 e. The maximum absolute atomic E-state index is 12.9. The Labute approximate surface area is 131 Å². The summed E-state index contributed by atoms with van der Waals surface area (Å²) in [6, 6.07) is 10.3. The highest BCUT2D eigenvalue weighted by Gasteiger charge is 2.18. The van der Waals surface area contributed by atoms with Gasteiger partial charge >= 0.3 is 0 Å². The maximum Gasteiger partial charge on any atom is 0.263 e. The Balaban J connectivity index is 2.34. The van der Waals surface area contributed by atoms with Crippen molar-refractivity contribution in [2.24, 2.45) is 0 Å². The molecule has 0 aliphatic heterocycles. The summed E-state index contributed by atoms with van der Waals surface area (Å²) < 4.78 is 40.6. The van der Waals surface area contributed by atoms with Crippen LogP contribution < -0.4 is 10.0 Å². The van der Waals surface area contributed by atoms with Crippen molar-refractivity contribution < 1.29 is 12.8 Å². The zero-order valence-corrected chi connectivity index (χ0v) is 13.6. The van der Waals surface area contributed by atoms with Gasteiger partial charge in [0, 0.05) is 16.7 Å². The summed E-state index contributed by atoms with van der Waals surface area (Å²) in [5, 5.41) is 2.97. The van der Waals surface area contributed by atoms with E-state index in [9.17, 15) is 12.8 Å². The number of sulfonamides is 1. The van der Waals surface area contributed by atoms with E-state index in [-0.39, 0.29) is 4.90 Å². The van der Waals surface area contributed by atoms with Crippen LogP contribution in [0.1, 0.15) is 5.56 Å². The van der Waals surface area contributed by atoms with Crippen molar-refractivity contribution in [3.63, 3.8) is 0 Å². The van der Waals surface area contributed by atoms with E-state index in [4.69, 9.17) is 0 Å². The van der Waals surface area contributed by atoms with Crippen LogP contribution in [0, 0.1) is 5.82 Å². The molecule has 0 aromatic heterocycles. The summed E-state index contributed by atoms with van der Waals surface area (Å²) in [5.74, 6) is -0.421. The lowest BCUT2D eigenvalue weighted by Gasteiger charge is -2.11. The molecule has 2 aromatic carbocycles. The molecule has 0 atom stereocenters. The molecule has 112 valence electrons. The van der Waals surface area contributed by atoms with Crippen molar-refractivity contribution >= 4 is 31.6 Å². The zero-order chi connectivity index (χ0) is 15.5. The van der Waals surface area contributed by atoms with Gasteiger partial charge in [0.15, 0.2) is 0 Å². The van der Waals surface area contributed by atoms with E-state index in [0.29, 0.717) is 16.7 Å². The summed E-state index contributed by atoms with van der Waals surface area (Å²) in [6.45, 7) is 0.562. The number of hydrogen-bond donors (Lipinski definition) is 2. The summed E-state index contributed by atoms with van der Waals surface area (Å²) in [7, 11) is -1.96. The van der Waals surface area contributed by atoms with E-state index < -0.39 is 15.8 Å². The third-order valence-electron chi connectivity index (χ3n) is 2.76. The van der Waals surface area contributed by atoms with Crippen LogP contribution in [0.2, 0.25) is 0 Å². The van der Waals surface area contributed by atoms with Gasteiger partial charge in [-0.3, -0.25) is 4.72 Å². The van der Waals surface area contributed by atoms with Crippen LogP contribution in [0.15, 0.2) is 51.8 Å². The highest BCUT2D eigenvalue weighted by atomic mass is 79.9. The molecule has 7 heteroatoms. The lowest BCUT2D eigenvalue weighted by molar-refractivity contribution is 0.600. The molecule has 4 nitrogen and oxygen atoms in total. The first kappa shape index (κ1) is 15.9. The predicted molar refractivity (Wildman–Crippen MR) is 84.1 cm³/mol. The Hall–Kier alpha value is -1.44. The molecule has 0 unspecified atom stereocenters. The third-order valence-corrected chi connectivity index (χ3v) is 5.14. The van der Waals surface area contributed by atoms with E-state index in [1.807, 2.05) is 6.07 Å². The summed E-state index contributed by atoms with van der Waals surface area (Å²) in [5.41, 5.74) is 1.16. The summed E-state index contributed by atoms with van der Waals surface area (Å²) in [6.07, 6.45) is 0. The SMILES string of the molecule is CNCc1ccc(Br)c(S(=O)(=O)Nc2ccc(F)cc2)c1. The Morgan fingerprint density at radius 3 is 2.43 bits per heavy atom. The van der Waals surface area contributed by atoms with Gasteiger partial charge in [-0.05, 0) is 64.9 Å². The first-order valence-electron chi connectivity index (χ1n) is 6.14. The van der Waals surface area contributed by atoms with Crippen LogP contribution in [0.4, 0.5) is 10.1 Å². The first-order chi connectivity index (χ1) is 9.92. The molecule has 0 bridgehead atoms. The van der Waals surface area contributed by atoms with Crippen LogP contribution in [0.5, 0.6) is 0 Å². The minimum atomic E-state index is -3.74. The molecule has 2 aromatic rings. The Morgan fingerprint density at radius 2 is 1.81 bits per heavy atom. The quantitative estimate of drug-likeness (QED) is 0.847. The van der Waals surface area contributed by atoms with E-state index in [1.54, 1.807) is 19.2 Å². The van der Waals surface area contributed by atoms with Crippen LogP contribution in [0.25, 0.3) is 0 Å². The molecular formula is C14H14BrFN2O2S. The van der Waals surface area contributed by atoms with Gasteiger partial charge in [0.05, 0.1) is 0 Å². The van der Waals surface area contributed by atoms with E-state index in [2.05, 4.69) is 26.0 Å². The molecule has 0 fully saturated rings. The highest BCUT2D eigenvalue weighted by molar-refractivity contribution is 9.10. The van der Waals surface area contributed by atoms with Crippen molar-refractivity contribution in [1.29, 1.82) is 0 Å². The minimum absolute atomic E-state index is 0.138. The highest BCUT2D eigenvalue weighted by Crippen LogP contribution is 2.25. The van der Waals surface area contributed by atoms with Crippen molar-refractivity contribution in [3.05, 3.63) is 58.3 Å². The van der Waals surface area contributed by atoms with Crippen molar-refractivity contribution in [3.8, 4) is 0 Å². The summed E-state index contributed by atoms with van der Waals surface area (Å²) in [4.78, 5) is 0.138. The molecule has 0 amide bonds. The topological polar surface area (TPSA) is 58.2 Å². The number of hydrogen-bond acceptors (Lipinski definition) is 3. The number of nitrogens with one attached hydrogen (secondary N) is 2. The molecule has 0 radical (unpaired) electrons. The van der Waals surface area contributed by atoms with Gasteiger partial charge in [-0.25, -0.2) is 12.8 Å². The smallest absolute Gasteiger partial charge is 0.263 e. The molecule has 0 aliphatic carbocycles. The lowest BCUT2D eigenvalue weighted by atomic mass is 10.2. The lowest BCUT2D eigenvalue weighted by Crippen LogP contribution is -2.14. The molecular weight excluding hydrogens is 359 g/mol. The second-order valence-corrected chi connectivity index (χ2v) is 6.91. The van der Waals surface area contributed by atoms with Crippen molar-refractivity contribution in [1.82, 2.24) is 5.32 Å². The van der Waals surface area contributed by atoms with Crippen LogP contribution >= 0.6 is 15.9 Å². The Bertz CT molecular complexity index is 733. The maximum atomic E-state index is 12.9. The zero-order valence-electron chi connectivity index (χ0n) is 11.2. The third kappa shape index (κ3) is 4.03. The van der Waals surface area contributed by atoms with Gasteiger partial charge in [-0.15, -0.1) is 0 Å². The molecule has 2 rings (SSSR count). The molecule has 21 heavy (non-hydrogen) atoms. The number of rotatable bonds is 5. The van der Waals surface area contributed by atoms with Gasteiger partial charge in [-0.1, -0.05) is 6.07 Å². The first-order valence-corrected chi connectivity index (χ1v) is 8.41. The van der Waals surface area contributed by atoms with E-state index in [0.717, 1.165) is 5.56 Å².